The van der Waals surface area contributed by atoms with E-state index in [-0.39, 0.29) is 12.1 Å². The van der Waals surface area contributed by atoms with Gasteiger partial charge in [-0.25, -0.2) is 9.59 Å². The number of carbonyl (C=O) groups is 2. The number of carbonyl (C=O) groups excluding carboxylic acids is 2. The van der Waals surface area contributed by atoms with Gasteiger partial charge in [0.1, 0.15) is 9.92 Å². The number of anilines is 1. The monoisotopic (exact) mass is 467 g/mol. The number of aromatic nitrogens is 1. The predicted octanol–water partition coefficient (Wildman–Crippen LogP) is 3.99. The predicted molar refractivity (Wildman–Crippen MR) is 130 cm³/mol. The van der Waals surface area contributed by atoms with Crippen LogP contribution in [0.25, 0.3) is 0 Å². The average molecular weight is 468 g/mol. The summed E-state index contributed by atoms with van der Waals surface area (Å²) in [4.78, 5) is 29.6. The number of ether oxygens (including phenoxy) is 1. The third-order valence-electron chi connectivity index (χ3n) is 4.45. The van der Waals surface area contributed by atoms with Crippen LogP contribution in [0.3, 0.4) is 0 Å². The van der Waals surface area contributed by atoms with Crippen LogP contribution in [-0.2, 0) is 4.74 Å². The lowest BCUT2D eigenvalue weighted by Gasteiger charge is -2.33. The minimum Gasteiger partial charge on any atom is -0.444 e. The van der Waals surface area contributed by atoms with Gasteiger partial charge in [-0.1, -0.05) is 24.0 Å². The zero-order valence-electron chi connectivity index (χ0n) is 18.5. The summed E-state index contributed by atoms with van der Waals surface area (Å²) in [5.74, 6) is 0. The van der Waals surface area contributed by atoms with Crippen molar-refractivity contribution in [2.45, 2.75) is 57.3 Å². The van der Waals surface area contributed by atoms with Crippen LogP contribution in [0.2, 0.25) is 0 Å². The van der Waals surface area contributed by atoms with Crippen LogP contribution in [0.15, 0.2) is 24.5 Å². The molecule has 1 aliphatic rings. The Balaban J connectivity index is 1.50. The number of rotatable bonds is 7. The maximum absolute atomic E-state index is 12.1. The second-order valence-corrected chi connectivity index (χ2v) is 10.3. The highest BCUT2D eigenvalue weighted by Crippen LogP contribution is 2.25. The van der Waals surface area contributed by atoms with Crippen LogP contribution in [-0.4, -0.2) is 63.4 Å². The summed E-state index contributed by atoms with van der Waals surface area (Å²) in [6.45, 7) is 8.40. The van der Waals surface area contributed by atoms with E-state index < -0.39 is 5.60 Å². The van der Waals surface area contributed by atoms with Crippen LogP contribution in [0, 0.1) is 0 Å². The molecule has 10 heteroatoms. The molecule has 0 aliphatic carbocycles. The summed E-state index contributed by atoms with van der Waals surface area (Å²) < 4.78 is 6.22. The van der Waals surface area contributed by atoms with E-state index in [1.807, 2.05) is 20.8 Å². The first kappa shape index (κ1) is 25.2. The number of hydrogen-bond acceptors (Lipinski definition) is 6. The Hall–Kier alpha value is -2.07. The van der Waals surface area contributed by atoms with Crippen LogP contribution in [0.4, 0.5) is 15.3 Å². The molecule has 172 valence electrons. The quantitative estimate of drug-likeness (QED) is 0.412. The Morgan fingerprint density at radius 3 is 2.52 bits per heavy atom. The van der Waals surface area contributed by atoms with Gasteiger partial charge in [-0.05, 0) is 58.6 Å². The summed E-state index contributed by atoms with van der Waals surface area (Å²) in [5.41, 5.74) is 0.202. The van der Waals surface area contributed by atoms with Crippen molar-refractivity contribution in [3.8, 4) is 0 Å². The zero-order valence-corrected chi connectivity index (χ0v) is 20.1. The molecule has 1 aromatic heterocycles. The van der Waals surface area contributed by atoms with E-state index in [0.717, 1.165) is 36.5 Å². The molecule has 0 saturated carbocycles. The molecule has 0 atom stereocenters. The summed E-state index contributed by atoms with van der Waals surface area (Å²) in [7, 11) is 0. The molecule has 0 radical (unpaired) electrons. The van der Waals surface area contributed by atoms with Crippen molar-refractivity contribution < 1.29 is 14.3 Å². The lowest BCUT2D eigenvalue weighted by molar-refractivity contribution is 0.0219. The number of urea groups is 1. The van der Waals surface area contributed by atoms with Crippen molar-refractivity contribution in [2.75, 3.05) is 31.5 Å². The van der Waals surface area contributed by atoms with Crippen molar-refractivity contribution in [3.05, 3.63) is 24.5 Å². The number of pyridine rings is 1. The molecule has 3 amide bonds. The number of piperidine rings is 1. The van der Waals surface area contributed by atoms with Crippen LogP contribution >= 0.6 is 24.0 Å². The fourth-order valence-electron chi connectivity index (χ4n) is 2.93. The Kier molecular flexibility index (Phi) is 10.3. The molecule has 2 rings (SSSR count). The van der Waals surface area contributed by atoms with E-state index in [0.29, 0.717) is 30.6 Å². The number of hydrogen-bond donors (Lipinski definition) is 3. The van der Waals surface area contributed by atoms with E-state index >= 15 is 0 Å². The molecular formula is C21H33N5O3S2. The van der Waals surface area contributed by atoms with Crippen molar-refractivity contribution in [1.29, 1.82) is 0 Å². The number of thiocarbonyl (C=S) groups is 1. The molecule has 31 heavy (non-hydrogen) atoms. The van der Waals surface area contributed by atoms with Gasteiger partial charge in [-0.15, -0.1) is 0 Å². The molecule has 1 fully saturated rings. The number of thioether (sulfide) groups is 1. The van der Waals surface area contributed by atoms with Crippen molar-refractivity contribution in [1.82, 2.24) is 20.5 Å². The third-order valence-corrected chi connectivity index (χ3v) is 6.04. The van der Waals surface area contributed by atoms with E-state index in [1.165, 1.54) is 0 Å². The lowest BCUT2D eigenvalue weighted by Crippen LogP contribution is -2.42. The number of nitrogens with one attached hydrogen (secondary N) is 3. The van der Waals surface area contributed by atoms with Crippen molar-refractivity contribution in [2.24, 2.45) is 0 Å². The molecule has 0 bridgehead atoms. The van der Waals surface area contributed by atoms with Gasteiger partial charge in [-0.3, -0.25) is 4.98 Å². The zero-order chi connectivity index (χ0) is 22.7. The van der Waals surface area contributed by atoms with E-state index in [4.69, 9.17) is 17.0 Å². The van der Waals surface area contributed by atoms with Crippen molar-refractivity contribution >= 4 is 46.1 Å². The Labute approximate surface area is 194 Å². The lowest BCUT2D eigenvalue weighted by atomic mass is 10.1. The molecule has 0 spiro atoms. The largest absolute Gasteiger partial charge is 0.444 e. The standard InChI is InChI=1S/C21H33N5O3S2/c1-21(2,3)29-20(28)26-13-8-17(9-14-26)31-19(30)24-12-5-4-11-23-18(27)25-16-7-6-10-22-15-16/h6-7,10,15,17H,4-5,8-9,11-14H2,1-3H3,(H,24,30)(H2,23,25,27). The van der Waals surface area contributed by atoms with Gasteiger partial charge < -0.3 is 25.6 Å². The van der Waals surface area contributed by atoms with Crippen LogP contribution in [0.1, 0.15) is 46.5 Å². The average Bonchev–Trinajstić information content (AvgIpc) is 2.70. The van der Waals surface area contributed by atoms with E-state index in [2.05, 4.69) is 20.9 Å². The number of unbranched alkanes of at least 4 members (excludes halogenated alkanes) is 1. The highest BCUT2D eigenvalue weighted by molar-refractivity contribution is 8.23. The molecule has 1 aromatic rings. The van der Waals surface area contributed by atoms with Gasteiger partial charge in [0.15, 0.2) is 0 Å². The molecule has 0 unspecified atom stereocenters. The first-order valence-electron chi connectivity index (χ1n) is 10.6. The SMILES string of the molecule is CC(C)(C)OC(=O)N1CCC(SC(=S)NCCCCNC(=O)Nc2cccnc2)CC1. The summed E-state index contributed by atoms with van der Waals surface area (Å²) in [6, 6.07) is 3.33. The van der Waals surface area contributed by atoms with Gasteiger partial charge in [0.2, 0.25) is 0 Å². The minimum atomic E-state index is -0.465. The molecule has 2 heterocycles. The number of nitrogens with zero attached hydrogens (tertiary/aromatic N) is 2. The second-order valence-electron chi connectivity index (χ2n) is 8.33. The fraction of sp³-hybridized carbons (Fsp3) is 0.619. The number of likely N-dealkylation sites (tertiary alicyclic amines) is 1. The fourth-order valence-corrected chi connectivity index (χ4v) is 4.38. The minimum absolute atomic E-state index is 0.232. The number of amides is 3. The highest BCUT2D eigenvalue weighted by Gasteiger charge is 2.27. The third kappa shape index (κ3) is 10.7. The Morgan fingerprint density at radius 2 is 1.90 bits per heavy atom. The van der Waals surface area contributed by atoms with Gasteiger partial charge in [0.05, 0.1) is 11.9 Å². The first-order valence-corrected chi connectivity index (χ1v) is 11.9. The van der Waals surface area contributed by atoms with Gasteiger partial charge in [0, 0.05) is 37.6 Å². The van der Waals surface area contributed by atoms with Crippen LogP contribution < -0.4 is 16.0 Å². The normalized spacial score (nSPS) is 14.6. The molecule has 1 aliphatic heterocycles. The summed E-state index contributed by atoms with van der Waals surface area (Å²) >= 11 is 7.11. The molecule has 1 saturated heterocycles. The van der Waals surface area contributed by atoms with Gasteiger partial charge >= 0.3 is 12.1 Å². The maximum Gasteiger partial charge on any atom is 0.410 e. The smallest absolute Gasteiger partial charge is 0.410 e. The Morgan fingerprint density at radius 1 is 1.23 bits per heavy atom. The summed E-state index contributed by atoms with van der Waals surface area (Å²) in [6.07, 6.45) is 6.60. The van der Waals surface area contributed by atoms with Crippen LogP contribution in [0.5, 0.6) is 0 Å². The molecule has 0 aromatic carbocycles. The molecular weight excluding hydrogens is 434 g/mol. The van der Waals surface area contributed by atoms with Gasteiger partial charge in [0.25, 0.3) is 0 Å². The topological polar surface area (TPSA) is 95.6 Å². The van der Waals surface area contributed by atoms with Crippen molar-refractivity contribution in [3.63, 3.8) is 0 Å². The first-order chi connectivity index (χ1) is 14.7. The molecule has 8 nitrogen and oxygen atoms in total. The molecule has 3 N–H and O–H groups in total. The highest BCUT2D eigenvalue weighted by atomic mass is 32.2. The van der Waals surface area contributed by atoms with Gasteiger partial charge in [-0.2, -0.15) is 0 Å². The van der Waals surface area contributed by atoms with E-state index in [9.17, 15) is 9.59 Å². The maximum atomic E-state index is 12.1. The van der Waals surface area contributed by atoms with E-state index in [1.54, 1.807) is 41.2 Å². The summed E-state index contributed by atoms with van der Waals surface area (Å²) in [5, 5.41) is 9.25. The second kappa shape index (κ2) is 12.7. The Bertz CT molecular complexity index is 719.